The molecule has 2 unspecified atom stereocenters. The summed E-state index contributed by atoms with van der Waals surface area (Å²) in [7, 11) is 1.66. The first-order valence-corrected chi connectivity index (χ1v) is 6.16. The van der Waals surface area contributed by atoms with Crippen LogP contribution >= 0.6 is 0 Å². The molecule has 0 spiro atoms. The van der Waals surface area contributed by atoms with E-state index >= 15 is 0 Å². The van der Waals surface area contributed by atoms with Crippen LogP contribution < -0.4 is 0 Å². The minimum atomic E-state index is -0.586. The highest BCUT2D eigenvalue weighted by atomic mass is 16.5. The van der Waals surface area contributed by atoms with Gasteiger partial charge in [-0.25, -0.2) is 0 Å². The zero-order valence-corrected chi connectivity index (χ0v) is 11.8. The number of aryl methyl sites for hydroxylation is 3. The highest BCUT2D eigenvalue weighted by Crippen LogP contribution is 2.34. The molecule has 1 aromatic carbocycles. The van der Waals surface area contributed by atoms with Gasteiger partial charge in [0.05, 0.1) is 5.60 Å². The smallest absolute Gasteiger partial charge is 0.108 e. The van der Waals surface area contributed by atoms with E-state index in [1.165, 1.54) is 11.1 Å². The fourth-order valence-corrected chi connectivity index (χ4v) is 2.06. The lowest BCUT2D eigenvalue weighted by molar-refractivity contribution is -0.0946. The fraction of sp³-hybridized carbons (Fsp3) is 0.600. The van der Waals surface area contributed by atoms with E-state index in [9.17, 15) is 5.11 Å². The second kappa shape index (κ2) is 5.19. The molecule has 0 saturated heterocycles. The Balaban J connectivity index is 3.20. The van der Waals surface area contributed by atoms with Crippen molar-refractivity contribution in [3.8, 4) is 0 Å². The molecule has 0 aliphatic carbocycles. The van der Waals surface area contributed by atoms with Gasteiger partial charge in [-0.15, -0.1) is 0 Å². The van der Waals surface area contributed by atoms with Gasteiger partial charge < -0.3 is 9.84 Å². The molecule has 2 atom stereocenters. The monoisotopic (exact) mass is 236 g/mol. The first kappa shape index (κ1) is 14.2. The molecule has 1 aromatic rings. The van der Waals surface area contributed by atoms with Crippen molar-refractivity contribution in [3.05, 3.63) is 34.4 Å². The molecule has 0 aliphatic rings. The predicted octanol–water partition coefficient (Wildman–Crippen LogP) is 3.46. The molecule has 0 aromatic heterocycles. The Morgan fingerprint density at radius 2 is 1.71 bits per heavy atom. The molecule has 0 bridgehead atoms. The minimum absolute atomic E-state index is 0.521. The summed E-state index contributed by atoms with van der Waals surface area (Å²) in [6.45, 7) is 10.2. The van der Waals surface area contributed by atoms with Crippen molar-refractivity contribution in [1.29, 1.82) is 0 Å². The average Bonchev–Trinajstić information content (AvgIpc) is 2.32. The van der Waals surface area contributed by atoms with Crippen molar-refractivity contribution >= 4 is 0 Å². The SMILES string of the molecule is CCC(C)(OC)C(O)c1cc(C)c(C)cc1C. The number of aliphatic hydroxyl groups is 1. The van der Waals surface area contributed by atoms with Gasteiger partial charge in [0.1, 0.15) is 6.10 Å². The first-order valence-electron chi connectivity index (χ1n) is 6.16. The summed E-state index contributed by atoms with van der Waals surface area (Å²) in [5.74, 6) is 0. The summed E-state index contributed by atoms with van der Waals surface area (Å²) in [4.78, 5) is 0. The van der Waals surface area contributed by atoms with E-state index in [4.69, 9.17) is 4.74 Å². The van der Waals surface area contributed by atoms with Crippen molar-refractivity contribution < 1.29 is 9.84 Å². The summed E-state index contributed by atoms with van der Waals surface area (Å²) in [6, 6.07) is 4.20. The second-order valence-electron chi connectivity index (χ2n) is 5.07. The van der Waals surface area contributed by atoms with E-state index in [0.717, 1.165) is 17.5 Å². The molecule has 1 N–H and O–H groups in total. The van der Waals surface area contributed by atoms with Crippen molar-refractivity contribution in [1.82, 2.24) is 0 Å². The lowest BCUT2D eigenvalue weighted by Crippen LogP contribution is -2.34. The van der Waals surface area contributed by atoms with Crippen LogP contribution in [-0.2, 0) is 4.74 Å². The van der Waals surface area contributed by atoms with Gasteiger partial charge in [0.15, 0.2) is 0 Å². The number of hydrogen-bond acceptors (Lipinski definition) is 2. The summed E-state index contributed by atoms with van der Waals surface area (Å²) >= 11 is 0. The number of aliphatic hydroxyl groups excluding tert-OH is 1. The Morgan fingerprint density at radius 1 is 1.18 bits per heavy atom. The Labute approximate surface area is 105 Å². The van der Waals surface area contributed by atoms with Crippen LogP contribution in [0.25, 0.3) is 0 Å². The number of benzene rings is 1. The van der Waals surface area contributed by atoms with Gasteiger partial charge in [-0.05, 0) is 56.4 Å². The molecular weight excluding hydrogens is 212 g/mol. The Bertz CT molecular complexity index is 392. The van der Waals surface area contributed by atoms with Crippen LogP contribution in [0, 0.1) is 20.8 Å². The van der Waals surface area contributed by atoms with Crippen molar-refractivity contribution in [2.75, 3.05) is 7.11 Å². The molecular formula is C15H24O2. The van der Waals surface area contributed by atoms with E-state index in [2.05, 4.69) is 26.0 Å². The highest BCUT2D eigenvalue weighted by molar-refractivity contribution is 5.38. The summed E-state index contributed by atoms with van der Waals surface area (Å²) in [6.07, 6.45) is 0.189. The standard InChI is InChI=1S/C15H24O2/c1-7-15(5,17-6)14(16)13-9-11(3)10(2)8-12(13)4/h8-9,14,16H,7H2,1-6H3. The van der Waals surface area contributed by atoms with Gasteiger partial charge in [-0.2, -0.15) is 0 Å². The number of hydrogen-bond donors (Lipinski definition) is 1. The topological polar surface area (TPSA) is 29.5 Å². The van der Waals surface area contributed by atoms with E-state index in [1.54, 1.807) is 7.11 Å². The zero-order valence-electron chi connectivity index (χ0n) is 11.8. The maximum atomic E-state index is 10.5. The molecule has 0 aliphatic heterocycles. The lowest BCUT2D eigenvalue weighted by atomic mass is 9.86. The average molecular weight is 236 g/mol. The molecule has 0 heterocycles. The lowest BCUT2D eigenvalue weighted by Gasteiger charge is -2.33. The fourth-order valence-electron chi connectivity index (χ4n) is 2.06. The molecule has 0 amide bonds. The third-order valence-electron chi connectivity index (χ3n) is 3.92. The normalized spacial score (nSPS) is 16.6. The summed E-state index contributed by atoms with van der Waals surface area (Å²) < 4.78 is 5.48. The molecule has 2 heteroatoms. The number of rotatable bonds is 4. The van der Waals surface area contributed by atoms with E-state index in [1.807, 2.05) is 20.8 Å². The van der Waals surface area contributed by atoms with Gasteiger partial charge in [-0.1, -0.05) is 19.1 Å². The zero-order chi connectivity index (χ0) is 13.2. The van der Waals surface area contributed by atoms with Crippen LogP contribution in [0.2, 0.25) is 0 Å². The first-order chi connectivity index (χ1) is 7.85. The van der Waals surface area contributed by atoms with Gasteiger partial charge in [0.2, 0.25) is 0 Å². The summed E-state index contributed by atoms with van der Waals surface area (Å²) in [5.41, 5.74) is 4.04. The number of ether oxygens (including phenoxy) is 1. The van der Waals surface area contributed by atoms with Crippen LogP contribution in [-0.4, -0.2) is 17.8 Å². The Hall–Kier alpha value is -0.860. The van der Waals surface area contributed by atoms with Crippen LogP contribution in [0.3, 0.4) is 0 Å². The van der Waals surface area contributed by atoms with Crippen molar-refractivity contribution in [3.63, 3.8) is 0 Å². The Morgan fingerprint density at radius 3 is 2.18 bits per heavy atom. The number of methoxy groups -OCH3 is 1. The molecule has 2 nitrogen and oxygen atoms in total. The van der Waals surface area contributed by atoms with Gasteiger partial charge in [0.25, 0.3) is 0 Å². The van der Waals surface area contributed by atoms with Gasteiger partial charge in [0, 0.05) is 7.11 Å². The predicted molar refractivity (Wildman–Crippen MR) is 71.3 cm³/mol. The molecule has 1 rings (SSSR count). The van der Waals surface area contributed by atoms with Crippen LogP contribution in [0.1, 0.15) is 48.6 Å². The summed E-state index contributed by atoms with van der Waals surface area (Å²) in [5, 5.41) is 10.5. The van der Waals surface area contributed by atoms with Crippen LogP contribution in [0.15, 0.2) is 12.1 Å². The second-order valence-corrected chi connectivity index (χ2v) is 5.07. The van der Waals surface area contributed by atoms with Gasteiger partial charge >= 0.3 is 0 Å². The van der Waals surface area contributed by atoms with Gasteiger partial charge in [-0.3, -0.25) is 0 Å². The van der Waals surface area contributed by atoms with E-state index in [0.29, 0.717) is 0 Å². The van der Waals surface area contributed by atoms with E-state index in [-0.39, 0.29) is 0 Å². The van der Waals surface area contributed by atoms with Crippen LogP contribution in [0.5, 0.6) is 0 Å². The van der Waals surface area contributed by atoms with E-state index < -0.39 is 11.7 Å². The molecule has 0 fully saturated rings. The molecule has 0 saturated carbocycles. The largest absolute Gasteiger partial charge is 0.385 e. The highest BCUT2D eigenvalue weighted by Gasteiger charge is 2.33. The molecule has 0 radical (unpaired) electrons. The molecule has 96 valence electrons. The minimum Gasteiger partial charge on any atom is -0.385 e. The van der Waals surface area contributed by atoms with Crippen molar-refractivity contribution in [2.45, 2.75) is 52.7 Å². The Kier molecular flexibility index (Phi) is 4.34. The van der Waals surface area contributed by atoms with Crippen LogP contribution in [0.4, 0.5) is 0 Å². The third-order valence-corrected chi connectivity index (χ3v) is 3.92. The quantitative estimate of drug-likeness (QED) is 0.867. The molecule has 17 heavy (non-hydrogen) atoms. The third kappa shape index (κ3) is 2.70. The van der Waals surface area contributed by atoms with Crippen molar-refractivity contribution in [2.24, 2.45) is 0 Å². The maximum Gasteiger partial charge on any atom is 0.108 e. The maximum absolute atomic E-state index is 10.5.